The lowest BCUT2D eigenvalue weighted by Crippen LogP contribution is -1.97. The number of aryl methyl sites for hydroxylation is 2. The SMILES string of the molecule is C1=C\CCc2cc3c(cc2CC/1)c1ccc2ccc4ccc5ccc3c3c5c4c2c13. The van der Waals surface area contributed by atoms with Gasteiger partial charge in [-0.15, -0.1) is 0 Å². The van der Waals surface area contributed by atoms with Crippen molar-refractivity contribution >= 4 is 64.6 Å². The molecule has 0 aromatic heterocycles. The number of fused-ring (bicyclic) bond motifs is 4. The third-order valence-electron chi connectivity index (χ3n) is 7.65. The number of hydrogen-bond acceptors (Lipinski definition) is 0. The molecule has 0 spiro atoms. The van der Waals surface area contributed by atoms with Gasteiger partial charge in [0.25, 0.3) is 0 Å². The molecule has 0 bridgehead atoms. The Hall–Kier alpha value is -3.38. The third kappa shape index (κ3) is 1.71. The molecule has 7 aromatic carbocycles. The number of benzene rings is 6. The monoisotopic (exact) mass is 380 g/mol. The van der Waals surface area contributed by atoms with Crippen molar-refractivity contribution in [1.29, 1.82) is 0 Å². The Morgan fingerprint density at radius 2 is 0.800 bits per heavy atom. The maximum atomic E-state index is 2.53. The Morgan fingerprint density at radius 1 is 0.400 bits per heavy atom. The fourth-order valence-corrected chi connectivity index (χ4v) is 6.33. The second-order valence-electron chi connectivity index (χ2n) is 9.12. The summed E-state index contributed by atoms with van der Waals surface area (Å²) in [7, 11) is 0. The average Bonchev–Trinajstić information content (AvgIpc) is 3.13. The van der Waals surface area contributed by atoms with Crippen molar-refractivity contribution in [2.75, 3.05) is 0 Å². The first-order valence-corrected chi connectivity index (χ1v) is 11.2. The maximum Gasteiger partial charge on any atom is -0.000741 e. The lowest BCUT2D eigenvalue weighted by molar-refractivity contribution is 0.896. The second kappa shape index (κ2) is 5.21. The van der Waals surface area contributed by atoms with E-state index >= 15 is 0 Å². The zero-order valence-corrected chi connectivity index (χ0v) is 16.8. The van der Waals surface area contributed by atoms with Crippen LogP contribution >= 0.6 is 0 Å². The van der Waals surface area contributed by atoms with Gasteiger partial charge >= 0.3 is 0 Å². The van der Waals surface area contributed by atoms with Crippen molar-refractivity contribution in [3.8, 4) is 0 Å². The zero-order valence-electron chi connectivity index (χ0n) is 16.8. The molecule has 0 fully saturated rings. The van der Waals surface area contributed by atoms with Gasteiger partial charge in [0, 0.05) is 0 Å². The molecule has 0 saturated carbocycles. The third-order valence-corrected chi connectivity index (χ3v) is 7.65. The summed E-state index contributed by atoms with van der Waals surface area (Å²) in [6.45, 7) is 0. The van der Waals surface area contributed by atoms with Crippen LogP contribution in [0.15, 0.2) is 72.8 Å². The molecule has 30 heavy (non-hydrogen) atoms. The number of hydrogen-bond donors (Lipinski definition) is 0. The normalized spacial score (nSPS) is 16.4. The molecular weight excluding hydrogens is 360 g/mol. The molecule has 1 aliphatic rings. The molecule has 1 aliphatic carbocycles. The van der Waals surface area contributed by atoms with E-state index in [9.17, 15) is 0 Å². The first kappa shape index (κ1) is 15.5. The molecule has 0 nitrogen and oxygen atoms in total. The maximum absolute atomic E-state index is 2.53. The number of allylic oxidation sites excluding steroid dienone is 2. The first-order chi connectivity index (χ1) is 14.9. The lowest BCUT2D eigenvalue weighted by atomic mass is 9.88. The van der Waals surface area contributed by atoms with E-state index in [0.717, 1.165) is 25.7 Å². The van der Waals surface area contributed by atoms with E-state index in [0.29, 0.717) is 0 Å². The Kier molecular flexibility index (Phi) is 2.68. The van der Waals surface area contributed by atoms with Crippen LogP contribution in [-0.2, 0) is 12.8 Å². The van der Waals surface area contributed by atoms with Crippen LogP contribution in [0.1, 0.15) is 24.0 Å². The van der Waals surface area contributed by atoms with E-state index in [4.69, 9.17) is 0 Å². The summed E-state index contributed by atoms with van der Waals surface area (Å²) in [5.74, 6) is 0. The molecule has 0 heteroatoms. The van der Waals surface area contributed by atoms with Gasteiger partial charge < -0.3 is 0 Å². The molecule has 0 N–H and O–H groups in total. The molecule has 8 rings (SSSR count). The predicted octanol–water partition coefficient (Wildman–Crippen LogP) is 8.35. The molecule has 0 heterocycles. The largest absolute Gasteiger partial charge is 0.0882 e. The van der Waals surface area contributed by atoms with Crippen LogP contribution in [0.2, 0.25) is 0 Å². The van der Waals surface area contributed by atoms with Gasteiger partial charge in [0.15, 0.2) is 0 Å². The summed E-state index contributed by atoms with van der Waals surface area (Å²) in [4.78, 5) is 0. The van der Waals surface area contributed by atoms with E-state index in [-0.39, 0.29) is 0 Å². The van der Waals surface area contributed by atoms with Gasteiger partial charge in [-0.05, 0) is 101 Å². The molecule has 0 atom stereocenters. The van der Waals surface area contributed by atoms with Gasteiger partial charge in [-0.2, -0.15) is 0 Å². The fourth-order valence-electron chi connectivity index (χ4n) is 6.33. The van der Waals surface area contributed by atoms with Crippen molar-refractivity contribution in [3.63, 3.8) is 0 Å². The highest BCUT2D eigenvalue weighted by atomic mass is 14.2. The molecule has 7 aromatic rings. The highest BCUT2D eigenvalue weighted by molar-refractivity contribution is 6.48. The van der Waals surface area contributed by atoms with Crippen LogP contribution in [-0.4, -0.2) is 0 Å². The van der Waals surface area contributed by atoms with Crippen molar-refractivity contribution in [1.82, 2.24) is 0 Å². The van der Waals surface area contributed by atoms with Gasteiger partial charge in [-0.3, -0.25) is 0 Å². The lowest BCUT2D eigenvalue weighted by Gasteiger charge is -2.16. The van der Waals surface area contributed by atoms with Crippen LogP contribution in [0.5, 0.6) is 0 Å². The summed E-state index contributed by atoms with van der Waals surface area (Å²) in [6.07, 6.45) is 9.32. The Labute approximate surface area is 174 Å². The molecule has 0 saturated heterocycles. The van der Waals surface area contributed by atoms with E-state index in [1.807, 2.05) is 0 Å². The summed E-state index contributed by atoms with van der Waals surface area (Å²) < 4.78 is 0. The Morgan fingerprint density at radius 3 is 1.27 bits per heavy atom. The highest BCUT2D eigenvalue weighted by Gasteiger charge is 2.22. The van der Waals surface area contributed by atoms with Gasteiger partial charge in [-0.25, -0.2) is 0 Å². The number of rotatable bonds is 0. The first-order valence-electron chi connectivity index (χ1n) is 11.2. The molecular formula is C30H20. The Bertz CT molecular complexity index is 1650. The summed E-state index contributed by atoms with van der Waals surface area (Å²) in [5, 5.41) is 17.2. The van der Waals surface area contributed by atoms with Crippen LogP contribution in [0.25, 0.3) is 64.6 Å². The Balaban J connectivity index is 1.69. The molecule has 140 valence electrons. The topological polar surface area (TPSA) is 0 Å². The second-order valence-corrected chi connectivity index (χ2v) is 9.12. The van der Waals surface area contributed by atoms with Crippen molar-refractivity contribution in [2.24, 2.45) is 0 Å². The minimum absolute atomic E-state index is 1.15. The predicted molar refractivity (Wildman–Crippen MR) is 131 cm³/mol. The van der Waals surface area contributed by atoms with Crippen molar-refractivity contribution in [2.45, 2.75) is 25.7 Å². The smallest absolute Gasteiger partial charge is 0.000741 e. The molecule has 0 unspecified atom stereocenters. The zero-order chi connectivity index (χ0) is 19.4. The highest BCUT2D eigenvalue weighted by Crippen LogP contribution is 2.50. The average molecular weight is 380 g/mol. The van der Waals surface area contributed by atoms with Gasteiger partial charge in [0.2, 0.25) is 0 Å². The standard InChI is InChI=1S/C30H20/c1-2-4-6-21-16-25-23-14-12-19-10-8-17-7-9-18-11-13-22(24(25)15-20(21)5-3-1)29-27(18)26(17)28(19)30(23)29/h1-2,7-16H,3-6H2/b2-1-. The minimum atomic E-state index is 1.15. The molecule has 0 amide bonds. The van der Waals surface area contributed by atoms with Crippen LogP contribution in [0.4, 0.5) is 0 Å². The van der Waals surface area contributed by atoms with Crippen molar-refractivity contribution in [3.05, 3.63) is 83.9 Å². The van der Waals surface area contributed by atoms with Crippen LogP contribution < -0.4 is 0 Å². The summed E-state index contributed by atoms with van der Waals surface area (Å²) in [6, 6.07) is 23.7. The van der Waals surface area contributed by atoms with E-state index in [1.165, 1.54) is 64.6 Å². The van der Waals surface area contributed by atoms with E-state index in [1.54, 1.807) is 11.1 Å². The van der Waals surface area contributed by atoms with E-state index < -0.39 is 0 Å². The van der Waals surface area contributed by atoms with Gasteiger partial charge in [-0.1, -0.05) is 72.8 Å². The molecule has 0 aliphatic heterocycles. The van der Waals surface area contributed by atoms with Crippen LogP contribution in [0.3, 0.4) is 0 Å². The van der Waals surface area contributed by atoms with Gasteiger partial charge in [0.1, 0.15) is 0 Å². The molecule has 0 radical (unpaired) electrons. The van der Waals surface area contributed by atoms with Crippen molar-refractivity contribution < 1.29 is 0 Å². The fraction of sp³-hybridized carbons (Fsp3) is 0.133. The van der Waals surface area contributed by atoms with E-state index in [2.05, 4.69) is 72.8 Å². The van der Waals surface area contributed by atoms with Crippen LogP contribution in [0, 0.1) is 0 Å². The minimum Gasteiger partial charge on any atom is -0.0882 e. The summed E-state index contributed by atoms with van der Waals surface area (Å²) in [5.41, 5.74) is 3.09. The van der Waals surface area contributed by atoms with Gasteiger partial charge in [0.05, 0.1) is 0 Å². The quantitative estimate of drug-likeness (QED) is 0.183. The summed E-state index contributed by atoms with van der Waals surface area (Å²) >= 11 is 0.